The van der Waals surface area contributed by atoms with Crippen LogP contribution < -0.4 is 4.90 Å². The zero-order valence-corrected chi connectivity index (χ0v) is 11.4. The van der Waals surface area contributed by atoms with E-state index in [1.165, 1.54) is 11.5 Å². The van der Waals surface area contributed by atoms with E-state index in [1.54, 1.807) is 14.2 Å². The fourth-order valence-corrected chi connectivity index (χ4v) is 2.78. The van der Waals surface area contributed by atoms with E-state index in [0.717, 1.165) is 30.5 Å². The fourth-order valence-electron chi connectivity index (χ4n) is 2.08. The molecule has 1 aromatic rings. The second kappa shape index (κ2) is 5.75. The molecule has 5 nitrogen and oxygen atoms in total. The summed E-state index contributed by atoms with van der Waals surface area (Å²) in [6.07, 6.45) is 1.43. The summed E-state index contributed by atoms with van der Waals surface area (Å²) in [4.78, 5) is 6.73. The van der Waals surface area contributed by atoms with Crippen molar-refractivity contribution < 1.29 is 9.47 Å². The van der Waals surface area contributed by atoms with Crippen LogP contribution in [0.1, 0.15) is 19.2 Å². The minimum absolute atomic E-state index is 0.290. The summed E-state index contributed by atoms with van der Waals surface area (Å²) in [5, 5.41) is 0.978. The SMILES string of the molecule is COCc1nsc(N2CCC(C)C(OC)C2)n1. The van der Waals surface area contributed by atoms with Gasteiger partial charge in [-0.05, 0) is 12.3 Å². The van der Waals surface area contributed by atoms with Gasteiger partial charge in [0, 0.05) is 38.8 Å². The number of nitrogens with zero attached hydrogens (tertiary/aromatic N) is 3. The Morgan fingerprint density at radius 1 is 1.47 bits per heavy atom. The molecule has 0 amide bonds. The van der Waals surface area contributed by atoms with Crippen molar-refractivity contribution >= 4 is 16.7 Å². The lowest BCUT2D eigenvalue weighted by Gasteiger charge is -2.35. The van der Waals surface area contributed by atoms with Crippen LogP contribution in [0.15, 0.2) is 0 Å². The minimum atomic E-state index is 0.290. The first-order chi connectivity index (χ1) is 8.24. The lowest BCUT2D eigenvalue weighted by molar-refractivity contribution is 0.0498. The van der Waals surface area contributed by atoms with Crippen LogP contribution >= 0.6 is 11.5 Å². The highest BCUT2D eigenvalue weighted by Crippen LogP contribution is 2.26. The third kappa shape index (κ3) is 2.94. The summed E-state index contributed by atoms with van der Waals surface area (Å²) in [5.74, 6) is 1.38. The van der Waals surface area contributed by atoms with Gasteiger partial charge in [0.05, 0.1) is 6.10 Å². The molecule has 2 atom stereocenters. The van der Waals surface area contributed by atoms with Crippen LogP contribution in [-0.4, -0.2) is 42.8 Å². The van der Waals surface area contributed by atoms with E-state index in [-0.39, 0.29) is 0 Å². The second-order valence-corrected chi connectivity index (χ2v) is 5.14. The average Bonchev–Trinajstić information content (AvgIpc) is 2.79. The van der Waals surface area contributed by atoms with Gasteiger partial charge in [0.15, 0.2) is 5.82 Å². The Balaban J connectivity index is 2.01. The van der Waals surface area contributed by atoms with Gasteiger partial charge in [-0.3, -0.25) is 0 Å². The van der Waals surface area contributed by atoms with Gasteiger partial charge in [0.2, 0.25) is 5.13 Å². The van der Waals surface area contributed by atoms with Gasteiger partial charge in [0.1, 0.15) is 6.61 Å². The molecule has 0 bridgehead atoms. The molecule has 0 radical (unpaired) electrons. The number of aromatic nitrogens is 2. The standard InChI is InChI=1S/C11H19N3O2S/c1-8-4-5-14(6-9(8)16-3)11-12-10(7-15-2)13-17-11/h8-9H,4-7H2,1-3H3. The molecule has 0 aromatic carbocycles. The lowest BCUT2D eigenvalue weighted by atomic mass is 9.96. The molecule has 17 heavy (non-hydrogen) atoms. The molecular formula is C11H19N3O2S. The molecule has 1 fully saturated rings. The first-order valence-corrected chi connectivity index (χ1v) is 6.61. The largest absolute Gasteiger partial charge is 0.379 e. The van der Waals surface area contributed by atoms with E-state index in [4.69, 9.17) is 9.47 Å². The lowest BCUT2D eigenvalue weighted by Crippen LogP contribution is -2.43. The van der Waals surface area contributed by atoms with Crippen LogP contribution in [-0.2, 0) is 16.1 Å². The van der Waals surface area contributed by atoms with E-state index < -0.39 is 0 Å². The Hall–Kier alpha value is -0.720. The van der Waals surface area contributed by atoms with Crippen molar-refractivity contribution in [3.8, 4) is 0 Å². The molecule has 0 N–H and O–H groups in total. The number of rotatable bonds is 4. The van der Waals surface area contributed by atoms with Crippen LogP contribution in [0, 0.1) is 5.92 Å². The molecule has 0 aliphatic carbocycles. The van der Waals surface area contributed by atoms with Crippen molar-refractivity contribution in [2.75, 3.05) is 32.2 Å². The topological polar surface area (TPSA) is 47.5 Å². The Kier molecular flexibility index (Phi) is 4.31. The molecule has 1 aliphatic rings. The average molecular weight is 257 g/mol. The van der Waals surface area contributed by atoms with Crippen LogP contribution in [0.4, 0.5) is 5.13 Å². The third-order valence-corrected chi connectivity index (χ3v) is 4.01. The number of ether oxygens (including phenoxy) is 2. The quantitative estimate of drug-likeness (QED) is 0.819. The van der Waals surface area contributed by atoms with Crippen LogP contribution in [0.5, 0.6) is 0 Å². The molecule has 1 aromatic heterocycles. The number of methoxy groups -OCH3 is 2. The number of anilines is 1. The van der Waals surface area contributed by atoms with E-state index >= 15 is 0 Å². The highest BCUT2D eigenvalue weighted by molar-refractivity contribution is 7.09. The van der Waals surface area contributed by atoms with Gasteiger partial charge in [-0.15, -0.1) is 0 Å². The zero-order valence-electron chi connectivity index (χ0n) is 10.5. The number of hydrogen-bond donors (Lipinski definition) is 0. The van der Waals surface area contributed by atoms with Gasteiger partial charge in [-0.1, -0.05) is 6.92 Å². The van der Waals surface area contributed by atoms with E-state index in [0.29, 0.717) is 18.6 Å². The highest BCUT2D eigenvalue weighted by Gasteiger charge is 2.27. The zero-order chi connectivity index (χ0) is 12.3. The maximum Gasteiger partial charge on any atom is 0.205 e. The van der Waals surface area contributed by atoms with Crippen molar-refractivity contribution in [2.45, 2.75) is 26.1 Å². The maximum absolute atomic E-state index is 5.50. The molecule has 2 unspecified atom stereocenters. The fraction of sp³-hybridized carbons (Fsp3) is 0.818. The van der Waals surface area contributed by atoms with Crippen molar-refractivity contribution in [3.63, 3.8) is 0 Å². The molecule has 1 saturated heterocycles. The maximum atomic E-state index is 5.50. The minimum Gasteiger partial charge on any atom is -0.379 e. The number of hydrogen-bond acceptors (Lipinski definition) is 6. The van der Waals surface area contributed by atoms with Crippen molar-refractivity contribution in [1.29, 1.82) is 0 Å². The Morgan fingerprint density at radius 2 is 2.29 bits per heavy atom. The smallest absolute Gasteiger partial charge is 0.205 e. The first-order valence-electron chi connectivity index (χ1n) is 5.84. The van der Waals surface area contributed by atoms with Crippen molar-refractivity contribution in [1.82, 2.24) is 9.36 Å². The summed E-state index contributed by atoms with van der Waals surface area (Å²) in [6, 6.07) is 0. The van der Waals surface area contributed by atoms with Crippen LogP contribution in [0.3, 0.4) is 0 Å². The second-order valence-electron chi connectivity index (χ2n) is 4.41. The van der Waals surface area contributed by atoms with Gasteiger partial charge < -0.3 is 14.4 Å². The molecule has 2 rings (SSSR count). The van der Waals surface area contributed by atoms with Gasteiger partial charge in [-0.25, -0.2) is 4.98 Å². The highest BCUT2D eigenvalue weighted by atomic mass is 32.1. The van der Waals surface area contributed by atoms with E-state index in [2.05, 4.69) is 21.2 Å². The molecule has 2 heterocycles. The molecule has 0 saturated carbocycles. The predicted molar refractivity (Wildman–Crippen MR) is 67.4 cm³/mol. The van der Waals surface area contributed by atoms with E-state index in [9.17, 15) is 0 Å². The van der Waals surface area contributed by atoms with Crippen LogP contribution in [0.25, 0.3) is 0 Å². The summed E-state index contributed by atoms with van der Waals surface area (Å²) in [7, 11) is 3.44. The van der Waals surface area contributed by atoms with Gasteiger partial charge in [0.25, 0.3) is 0 Å². The first kappa shape index (κ1) is 12.7. The van der Waals surface area contributed by atoms with Crippen LogP contribution in [0.2, 0.25) is 0 Å². The summed E-state index contributed by atoms with van der Waals surface area (Å²) < 4.78 is 14.8. The molecular weight excluding hydrogens is 238 g/mol. The van der Waals surface area contributed by atoms with Crippen molar-refractivity contribution in [2.24, 2.45) is 5.92 Å². The number of piperidine rings is 1. The predicted octanol–water partition coefficient (Wildman–Crippen LogP) is 1.55. The van der Waals surface area contributed by atoms with Gasteiger partial charge >= 0.3 is 0 Å². The molecule has 1 aliphatic heterocycles. The Bertz CT molecular complexity index is 358. The van der Waals surface area contributed by atoms with Crippen molar-refractivity contribution in [3.05, 3.63) is 5.82 Å². The summed E-state index contributed by atoms with van der Waals surface area (Å²) in [5.41, 5.74) is 0. The molecule has 96 valence electrons. The van der Waals surface area contributed by atoms with E-state index in [1.807, 2.05) is 0 Å². The monoisotopic (exact) mass is 257 g/mol. The third-order valence-electron chi connectivity index (χ3n) is 3.19. The normalized spacial score (nSPS) is 25.2. The summed E-state index contributed by atoms with van der Waals surface area (Å²) >= 11 is 1.44. The Morgan fingerprint density at radius 3 is 3.00 bits per heavy atom. The Labute approximate surface area is 106 Å². The molecule has 6 heteroatoms. The summed E-state index contributed by atoms with van der Waals surface area (Å²) in [6.45, 7) is 4.65. The molecule has 0 spiro atoms. The van der Waals surface area contributed by atoms with Gasteiger partial charge in [-0.2, -0.15) is 4.37 Å².